The van der Waals surface area contributed by atoms with Crippen LogP contribution in [0.4, 0.5) is 0 Å². The van der Waals surface area contributed by atoms with Crippen LogP contribution in [-0.4, -0.2) is 32.1 Å². The van der Waals surface area contributed by atoms with E-state index in [2.05, 4.69) is 72.3 Å². The number of benzene rings is 1. The maximum absolute atomic E-state index is 3.54. The number of nitrogens with zero attached hydrogens (tertiary/aromatic N) is 1. The Kier molecular flexibility index (Phi) is 5.46. The molecule has 16 heavy (non-hydrogen) atoms. The number of hydrogen-bond donors (Lipinski definition) is 1. The minimum Gasteiger partial charge on any atom is -0.315 e. The van der Waals surface area contributed by atoms with Gasteiger partial charge in [-0.25, -0.2) is 0 Å². The predicted octanol–water partition coefficient (Wildman–Crippen LogP) is 2.97. The molecular weight excluding hydrogens is 264 g/mol. The van der Waals surface area contributed by atoms with Crippen molar-refractivity contribution in [2.75, 3.05) is 27.2 Å². The quantitative estimate of drug-likeness (QED) is 0.894. The highest BCUT2D eigenvalue weighted by molar-refractivity contribution is 9.10. The average Bonchev–Trinajstić information content (AvgIpc) is 2.23. The summed E-state index contributed by atoms with van der Waals surface area (Å²) < 4.78 is 1.15. The zero-order valence-electron chi connectivity index (χ0n) is 10.5. The number of hydrogen-bond acceptors (Lipinski definition) is 2. The van der Waals surface area contributed by atoms with Crippen LogP contribution in [0.3, 0.4) is 0 Å². The van der Waals surface area contributed by atoms with Gasteiger partial charge in [0.05, 0.1) is 0 Å². The molecule has 1 aromatic carbocycles. The summed E-state index contributed by atoms with van der Waals surface area (Å²) in [6.45, 7) is 6.31. The summed E-state index contributed by atoms with van der Waals surface area (Å²) in [5.74, 6) is 0. The van der Waals surface area contributed by atoms with Crippen LogP contribution in [0.2, 0.25) is 0 Å². The van der Waals surface area contributed by atoms with Crippen molar-refractivity contribution in [3.05, 3.63) is 33.8 Å². The fraction of sp³-hybridized carbons (Fsp3) is 0.538. The van der Waals surface area contributed by atoms with Crippen LogP contribution in [0.1, 0.15) is 24.1 Å². The van der Waals surface area contributed by atoms with Gasteiger partial charge in [0.2, 0.25) is 0 Å². The van der Waals surface area contributed by atoms with E-state index in [0.29, 0.717) is 6.04 Å². The summed E-state index contributed by atoms with van der Waals surface area (Å²) in [4.78, 5) is 2.26. The van der Waals surface area contributed by atoms with Crippen LogP contribution in [-0.2, 0) is 0 Å². The Morgan fingerprint density at radius 3 is 2.62 bits per heavy atom. The maximum atomic E-state index is 3.54. The van der Waals surface area contributed by atoms with Crippen molar-refractivity contribution in [3.63, 3.8) is 0 Å². The van der Waals surface area contributed by atoms with Crippen molar-refractivity contribution in [1.82, 2.24) is 10.2 Å². The van der Waals surface area contributed by atoms with Gasteiger partial charge < -0.3 is 10.2 Å². The van der Waals surface area contributed by atoms with Gasteiger partial charge in [0.1, 0.15) is 0 Å². The normalized spacial score (nSPS) is 13.1. The van der Waals surface area contributed by atoms with Crippen LogP contribution in [0.5, 0.6) is 0 Å². The Hall–Kier alpha value is -0.380. The third kappa shape index (κ3) is 3.58. The van der Waals surface area contributed by atoms with Gasteiger partial charge in [-0.15, -0.1) is 0 Å². The number of halogens is 1. The monoisotopic (exact) mass is 284 g/mol. The molecule has 1 N–H and O–H groups in total. The highest BCUT2D eigenvalue weighted by Crippen LogP contribution is 2.24. The van der Waals surface area contributed by atoms with Gasteiger partial charge in [-0.05, 0) is 50.8 Å². The summed E-state index contributed by atoms with van der Waals surface area (Å²) >= 11 is 3.54. The first-order valence-corrected chi connectivity index (χ1v) is 6.48. The van der Waals surface area contributed by atoms with Crippen molar-refractivity contribution >= 4 is 15.9 Å². The van der Waals surface area contributed by atoms with Crippen molar-refractivity contribution in [2.45, 2.75) is 19.9 Å². The lowest BCUT2D eigenvalue weighted by Gasteiger charge is -2.26. The van der Waals surface area contributed by atoms with Gasteiger partial charge >= 0.3 is 0 Å². The first-order chi connectivity index (χ1) is 7.56. The third-order valence-electron chi connectivity index (χ3n) is 2.81. The number of rotatable bonds is 5. The number of likely N-dealkylation sites (N-methyl/N-ethyl adjacent to an activating group) is 2. The Morgan fingerprint density at radius 2 is 2.06 bits per heavy atom. The van der Waals surface area contributed by atoms with E-state index in [9.17, 15) is 0 Å². The molecule has 0 bridgehead atoms. The van der Waals surface area contributed by atoms with Crippen molar-refractivity contribution < 1.29 is 0 Å². The van der Waals surface area contributed by atoms with E-state index in [1.165, 1.54) is 11.1 Å². The minimum atomic E-state index is 0.428. The molecule has 0 spiro atoms. The molecule has 0 heterocycles. The van der Waals surface area contributed by atoms with Gasteiger partial charge in [-0.2, -0.15) is 0 Å². The summed E-state index contributed by atoms with van der Waals surface area (Å²) in [5.41, 5.74) is 2.74. The molecule has 1 aromatic rings. The van der Waals surface area contributed by atoms with Gasteiger partial charge in [0.15, 0.2) is 0 Å². The smallest absolute Gasteiger partial charge is 0.0469 e. The lowest BCUT2D eigenvalue weighted by atomic mass is 10.0. The van der Waals surface area contributed by atoms with Gasteiger partial charge in [-0.3, -0.25) is 0 Å². The fourth-order valence-corrected chi connectivity index (χ4v) is 2.20. The average molecular weight is 285 g/mol. The van der Waals surface area contributed by atoms with E-state index >= 15 is 0 Å². The van der Waals surface area contributed by atoms with Crippen molar-refractivity contribution in [1.29, 1.82) is 0 Å². The number of aryl methyl sites for hydroxylation is 1. The van der Waals surface area contributed by atoms with Crippen molar-refractivity contribution in [3.8, 4) is 0 Å². The first kappa shape index (κ1) is 13.7. The Balaban J connectivity index is 2.95. The molecule has 0 fully saturated rings. The molecule has 1 atom stereocenters. The summed E-state index contributed by atoms with van der Waals surface area (Å²) in [6.07, 6.45) is 0. The maximum Gasteiger partial charge on any atom is 0.0469 e. The molecule has 2 nitrogen and oxygen atoms in total. The van der Waals surface area contributed by atoms with Gasteiger partial charge in [0.25, 0.3) is 0 Å². The second-order valence-corrected chi connectivity index (χ2v) is 5.20. The SMILES string of the molecule is CCNCC(c1cc(Br)ccc1C)N(C)C. The summed E-state index contributed by atoms with van der Waals surface area (Å²) in [5, 5.41) is 3.42. The predicted molar refractivity (Wildman–Crippen MR) is 73.9 cm³/mol. The molecule has 0 aliphatic heterocycles. The van der Waals surface area contributed by atoms with E-state index in [4.69, 9.17) is 0 Å². The molecule has 0 aliphatic rings. The van der Waals surface area contributed by atoms with Crippen LogP contribution < -0.4 is 5.32 Å². The van der Waals surface area contributed by atoms with Crippen LogP contribution in [0, 0.1) is 6.92 Å². The van der Waals surface area contributed by atoms with E-state index in [1.807, 2.05) is 0 Å². The van der Waals surface area contributed by atoms with E-state index in [1.54, 1.807) is 0 Å². The molecule has 1 unspecified atom stereocenters. The molecule has 3 heteroatoms. The standard InChI is InChI=1S/C13H21BrN2/c1-5-15-9-13(16(3)4)12-8-11(14)7-6-10(12)2/h6-8,13,15H,5,9H2,1-4H3. The first-order valence-electron chi connectivity index (χ1n) is 5.69. The molecule has 0 saturated heterocycles. The lowest BCUT2D eigenvalue weighted by molar-refractivity contribution is 0.289. The Bertz CT molecular complexity index is 337. The number of nitrogens with one attached hydrogen (secondary N) is 1. The van der Waals surface area contributed by atoms with Crippen LogP contribution in [0.15, 0.2) is 22.7 Å². The molecule has 1 rings (SSSR count). The highest BCUT2D eigenvalue weighted by atomic mass is 79.9. The highest BCUT2D eigenvalue weighted by Gasteiger charge is 2.15. The molecular formula is C13H21BrN2. The van der Waals surface area contributed by atoms with Crippen LogP contribution in [0.25, 0.3) is 0 Å². The van der Waals surface area contributed by atoms with E-state index < -0.39 is 0 Å². The summed E-state index contributed by atoms with van der Waals surface area (Å²) in [7, 11) is 4.25. The van der Waals surface area contributed by atoms with E-state index in [-0.39, 0.29) is 0 Å². The Morgan fingerprint density at radius 1 is 1.38 bits per heavy atom. The second kappa shape index (κ2) is 6.38. The molecule has 0 aromatic heterocycles. The largest absolute Gasteiger partial charge is 0.315 e. The molecule has 90 valence electrons. The van der Waals surface area contributed by atoms with E-state index in [0.717, 1.165) is 17.6 Å². The molecule has 0 amide bonds. The minimum absolute atomic E-state index is 0.428. The Labute approximate surface area is 107 Å². The zero-order valence-corrected chi connectivity index (χ0v) is 12.1. The zero-order chi connectivity index (χ0) is 12.1. The van der Waals surface area contributed by atoms with Gasteiger partial charge in [0, 0.05) is 17.1 Å². The molecule has 0 saturated carbocycles. The molecule has 0 aliphatic carbocycles. The fourth-order valence-electron chi connectivity index (χ4n) is 1.82. The topological polar surface area (TPSA) is 15.3 Å². The summed E-state index contributed by atoms with van der Waals surface area (Å²) in [6, 6.07) is 6.91. The van der Waals surface area contributed by atoms with Crippen LogP contribution >= 0.6 is 15.9 Å². The van der Waals surface area contributed by atoms with Crippen molar-refractivity contribution in [2.24, 2.45) is 0 Å². The van der Waals surface area contributed by atoms with Gasteiger partial charge in [-0.1, -0.05) is 28.9 Å². The second-order valence-electron chi connectivity index (χ2n) is 4.29. The lowest BCUT2D eigenvalue weighted by Crippen LogP contribution is -2.31. The third-order valence-corrected chi connectivity index (χ3v) is 3.30. The molecule has 0 radical (unpaired) electrons.